The number of aryl methyl sites for hydroxylation is 1. The zero-order valence-electron chi connectivity index (χ0n) is 18.1. The van der Waals surface area contributed by atoms with E-state index in [1.165, 1.54) is 5.48 Å². The lowest BCUT2D eigenvalue weighted by Crippen LogP contribution is -2.52. The molecule has 5 N–H and O–H groups in total. The minimum absolute atomic E-state index is 0.0175. The number of carbonyl (C=O) groups excluding carboxylic acids is 4. The molecule has 33 heavy (non-hydrogen) atoms. The molecule has 0 saturated carbocycles. The lowest BCUT2D eigenvalue weighted by Gasteiger charge is -2.17. The van der Waals surface area contributed by atoms with E-state index in [0.29, 0.717) is 6.42 Å². The van der Waals surface area contributed by atoms with Crippen LogP contribution in [0.4, 0.5) is 4.79 Å². The summed E-state index contributed by atoms with van der Waals surface area (Å²) in [6, 6.07) is 17.4. The molecule has 2 rings (SSSR count). The van der Waals surface area contributed by atoms with Gasteiger partial charge in [-0.1, -0.05) is 60.7 Å². The third-order valence-corrected chi connectivity index (χ3v) is 4.58. The van der Waals surface area contributed by atoms with Gasteiger partial charge < -0.3 is 20.7 Å². The van der Waals surface area contributed by atoms with E-state index in [9.17, 15) is 19.2 Å². The molecule has 0 aliphatic heterocycles. The van der Waals surface area contributed by atoms with E-state index in [2.05, 4.69) is 16.0 Å². The Bertz CT molecular complexity index is 908. The summed E-state index contributed by atoms with van der Waals surface area (Å²) in [7, 11) is 0. The van der Waals surface area contributed by atoms with Gasteiger partial charge in [0.1, 0.15) is 12.6 Å². The molecule has 0 heterocycles. The number of rotatable bonds is 12. The van der Waals surface area contributed by atoms with Crippen molar-refractivity contribution in [2.24, 2.45) is 0 Å². The second kappa shape index (κ2) is 14.2. The minimum Gasteiger partial charge on any atom is -0.445 e. The summed E-state index contributed by atoms with van der Waals surface area (Å²) < 4.78 is 5.04. The number of ether oxygens (including phenoxy) is 1. The van der Waals surface area contributed by atoms with Gasteiger partial charge in [-0.05, 0) is 17.5 Å². The van der Waals surface area contributed by atoms with E-state index in [-0.39, 0.29) is 38.4 Å². The molecule has 0 radical (unpaired) electrons. The Labute approximate surface area is 191 Å². The Morgan fingerprint density at radius 2 is 1.45 bits per heavy atom. The molecule has 0 aliphatic carbocycles. The molecular formula is C23H28N4O6. The van der Waals surface area contributed by atoms with Crippen LogP contribution in [0.3, 0.4) is 0 Å². The molecule has 0 unspecified atom stereocenters. The van der Waals surface area contributed by atoms with Gasteiger partial charge in [0.2, 0.25) is 11.8 Å². The maximum atomic E-state index is 12.1. The molecule has 1 atom stereocenters. The lowest BCUT2D eigenvalue weighted by atomic mass is 10.1. The number of hydroxylamine groups is 1. The zero-order chi connectivity index (χ0) is 23.9. The summed E-state index contributed by atoms with van der Waals surface area (Å²) in [5, 5.41) is 16.3. The zero-order valence-corrected chi connectivity index (χ0v) is 18.1. The standard InChI is InChI=1S/C23H28N4O6/c28-20(12-11-17-7-3-1-4-8-17)25-15-19(22(30)27-32)26-21(29)13-14-24-23(31)33-16-18-9-5-2-6-10-18/h1-10,19,32H,11-16H2,(H,24,31)(H,25,28)(H,26,29)(H,27,30)/t19-/m0/s1. The molecular weight excluding hydrogens is 428 g/mol. The Balaban J connectivity index is 1.67. The van der Waals surface area contributed by atoms with Crippen molar-refractivity contribution < 1.29 is 29.1 Å². The van der Waals surface area contributed by atoms with Crippen molar-refractivity contribution in [3.05, 3.63) is 71.8 Å². The SMILES string of the molecule is O=C(CCc1ccccc1)NC[C@H](NC(=O)CCNC(=O)OCc1ccccc1)C(=O)NO. The van der Waals surface area contributed by atoms with E-state index in [1.807, 2.05) is 60.7 Å². The Morgan fingerprint density at radius 1 is 0.818 bits per heavy atom. The average molecular weight is 456 g/mol. The molecule has 2 aromatic carbocycles. The highest BCUT2D eigenvalue weighted by atomic mass is 16.5. The first-order valence-electron chi connectivity index (χ1n) is 10.5. The van der Waals surface area contributed by atoms with Gasteiger partial charge in [0, 0.05) is 25.9 Å². The number of hydrogen-bond donors (Lipinski definition) is 5. The van der Waals surface area contributed by atoms with Crippen LogP contribution >= 0.6 is 0 Å². The topological polar surface area (TPSA) is 146 Å². The molecule has 0 spiro atoms. The third-order valence-electron chi connectivity index (χ3n) is 4.58. The van der Waals surface area contributed by atoms with Crippen molar-refractivity contribution in [3.63, 3.8) is 0 Å². The number of carbonyl (C=O) groups is 4. The lowest BCUT2D eigenvalue weighted by molar-refractivity contribution is -0.135. The van der Waals surface area contributed by atoms with Gasteiger partial charge in [0.25, 0.3) is 5.91 Å². The van der Waals surface area contributed by atoms with Crippen LogP contribution in [0.5, 0.6) is 0 Å². The van der Waals surface area contributed by atoms with Crippen LogP contribution in [0.15, 0.2) is 60.7 Å². The molecule has 2 aromatic rings. The van der Waals surface area contributed by atoms with E-state index < -0.39 is 23.9 Å². The van der Waals surface area contributed by atoms with Crippen LogP contribution in [0.2, 0.25) is 0 Å². The maximum Gasteiger partial charge on any atom is 0.407 e. The predicted molar refractivity (Wildman–Crippen MR) is 119 cm³/mol. The maximum absolute atomic E-state index is 12.1. The van der Waals surface area contributed by atoms with Gasteiger partial charge in [0.05, 0.1) is 0 Å². The summed E-state index contributed by atoms with van der Waals surface area (Å²) in [4.78, 5) is 47.7. The fourth-order valence-electron chi connectivity index (χ4n) is 2.81. The second-order valence-electron chi connectivity index (χ2n) is 7.12. The van der Waals surface area contributed by atoms with Crippen molar-refractivity contribution in [2.75, 3.05) is 13.1 Å². The van der Waals surface area contributed by atoms with E-state index in [1.54, 1.807) is 0 Å². The van der Waals surface area contributed by atoms with Gasteiger partial charge in [-0.25, -0.2) is 10.3 Å². The number of hydrogen-bond acceptors (Lipinski definition) is 6. The van der Waals surface area contributed by atoms with Crippen molar-refractivity contribution in [3.8, 4) is 0 Å². The van der Waals surface area contributed by atoms with Crippen LogP contribution in [0, 0.1) is 0 Å². The summed E-state index contributed by atoms with van der Waals surface area (Å²) in [5.41, 5.74) is 3.29. The first kappa shape index (κ1) is 25.3. The van der Waals surface area contributed by atoms with Gasteiger partial charge in [-0.3, -0.25) is 19.6 Å². The highest BCUT2D eigenvalue weighted by Gasteiger charge is 2.21. The number of benzene rings is 2. The molecule has 10 nitrogen and oxygen atoms in total. The first-order valence-corrected chi connectivity index (χ1v) is 10.5. The number of nitrogens with one attached hydrogen (secondary N) is 4. The highest BCUT2D eigenvalue weighted by molar-refractivity contribution is 5.88. The molecule has 0 aliphatic rings. The summed E-state index contributed by atoms with van der Waals surface area (Å²) in [5.74, 6) is -1.72. The Kier molecular flexibility index (Phi) is 10.9. The quantitative estimate of drug-likeness (QED) is 0.238. The third kappa shape index (κ3) is 10.3. The van der Waals surface area contributed by atoms with Crippen LogP contribution in [-0.2, 0) is 32.1 Å². The van der Waals surface area contributed by atoms with E-state index in [4.69, 9.17) is 9.94 Å². The smallest absolute Gasteiger partial charge is 0.407 e. The van der Waals surface area contributed by atoms with Gasteiger partial charge in [-0.15, -0.1) is 0 Å². The van der Waals surface area contributed by atoms with E-state index >= 15 is 0 Å². The van der Waals surface area contributed by atoms with Crippen LogP contribution in [0.25, 0.3) is 0 Å². The van der Waals surface area contributed by atoms with Crippen LogP contribution in [-0.4, -0.2) is 48.2 Å². The van der Waals surface area contributed by atoms with Crippen molar-refractivity contribution in [1.82, 2.24) is 21.4 Å². The van der Waals surface area contributed by atoms with Crippen molar-refractivity contribution in [2.45, 2.75) is 31.9 Å². The predicted octanol–water partition coefficient (Wildman–Crippen LogP) is 1.04. The fourth-order valence-corrected chi connectivity index (χ4v) is 2.81. The average Bonchev–Trinajstić information content (AvgIpc) is 2.84. The van der Waals surface area contributed by atoms with Gasteiger partial charge in [-0.2, -0.15) is 0 Å². The molecule has 10 heteroatoms. The van der Waals surface area contributed by atoms with Crippen LogP contribution < -0.4 is 21.4 Å². The summed E-state index contributed by atoms with van der Waals surface area (Å²) in [6.45, 7) is -0.115. The molecule has 4 amide bonds. The largest absolute Gasteiger partial charge is 0.445 e. The van der Waals surface area contributed by atoms with Gasteiger partial charge >= 0.3 is 6.09 Å². The summed E-state index contributed by atoms with van der Waals surface area (Å²) >= 11 is 0. The minimum atomic E-state index is -1.17. The summed E-state index contributed by atoms with van der Waals surface area (Å²) in [6.07, 6.45) is -0.0676. The number of alkyl carbamates (subject to hydrolysis) is 1. The normalized spacial score (nSPS) is 11.1. The van der Waals surface area contributed by atoms with Crippen molar-refractivity contribution >= 4 is 23.8 Å². The molecule has 0 saturated heterocycles. The Hall–Kier alpha value is -3.92. The highest BCUT2D eigenvalue weighted by Crippen LogP contribution is 2.02. The second-order valence-corrected chi connectivity index (χ2v) is 7.12. The molecule has 0 fully saturated rings. The molecule has 0 aromatic heterocycles. The Morgan fingerprint density at radius 3 is 2.09 bits per heavy atom. The fraction of sp³-hybridized carbons (Fsp3) is 0.304. The van der Waals surface area contributed by atoms with Crippen LogP contribution in [0.1, 0.15) is 24.0 Å². The monoisotopic (exact) mass is 456 g/mol. The number of amides is 4. The van der Waals surface area contributed by atoms with Crippen molar-refractivity contribution in [1.29, 1.82) is 0 Å². The molecule has 0 bridgehead atoms. The van der Waals surface area contributed by atoms with Gasteiger partial charge in [0.15, 0.2) is 0 Å². The first-order chi connectivity index (χ1) is 16.0. The van der Waals surface area contributed by atoms with E-state index in [0.717, 1.165) is 11.1 Å². The molecule has 176 valence electrons.